The molecular formula is C24H36N4O. The summed E-state index contributed by atoms with van der Waals surface area (Å²) in [4.78, 5) is 14.3. The van der Waals surface area contributed by atoms with Gasteiger partial charge in [-0.3, -0.25) is 4.90 Å². The summed E-state index contributed by atoms with van der Waals surface area (Å²) in [5.41, 5.74) is 4.88. The standard InChI is InChI=1S/C24H36N4O/c1-5-6-7-22(29)17-27-12-14-28(15-13-27)24-23(19(3)25-20(4)26-24)16-21-10-8-18(2)9-11-21/h8-11,22,29H,5-7,12-17H2,1-4H3/t22-/m0/s1. The highest BCUT2D eigenvalue weighted by molar-refractivity contribution is 5.51. The molecule has 0 amide bonds. The zero-order valence-electron chi connectivity index (χ0n) is 18.5. The summed E-state index contributed by atoms with van der Waals surface area (Å²) in [6, 6.07) is 8.74. The van der Waals surface area contributed by atoms with Crippen molar-refractivity contribution >= 4 is 5.82 Å². The summed E-state index contributed by atoms with van der Waals surface area (Å²) in [6.45, 7) is 13.0. The van der Waals surface area contributed by atoms with E-state index in [9.17, 15) is 5.11 Å². The quantitative estimate of drug-likeness (QED) is 0.738. The minimum Gasteiger partial charge on any atom is -0.392 e. The van der Waals surface area contributed by atoms with Crippen LogP contribution in [0, 0.1) is 20.8 Å². The van der Waals surface area contributed by atoms with Crippen LogP contribution in [-0.2, 0) is 6.42 Å². The van der Waals surface area contributed by atoms with E-state index in [0.717, 1.165) is 75.7 Å². The molecule has 0 unspecified atom stereocenters. The number of hydrogen-bond acceptors (Lipinski definition) is 5. The first-order valence-corrected chi connectivity index (χ1v) is 11.0. The van der Waals surface area contributed by atoms with Crippen LogP contribution in [0.15, 0.2) is 24.3 Å². The lowest BCUT2D eigenvalue weighted by Gasteiger charge is -2.37. The number of rotatable bonds is 8. The Morgan fingerprint density at radius 3 is 2.34 bits per heavy atom. The van der Waals surface area contributed by atoms with Crippen LogP contribution < -0.4 is 4.90 Å². The van der Waals surface area contributed by atoms with Crippen LogP contribution in [-0.4, -0.2) is 58.8 Å². The molecule has 1 fully saturated rings. The second-order valence-electron chi connectivity index (χ2n) is 8.40. The SMILES string of the molecule is CCCC[C@H](O)CN1CCN(c2nc(C)nc(C)c2Cc2ccc(C)cc2)CC1. The van der Waals surface area contributed by atoms with Gasteiger partial charge >= 0.3 is 0 Å². The van der Waals surface area contributed by atoms with Gasteiger partial charge in [-0.05, 0) is 32.8 Å². The molecule has 1 aromatic heterocycles. The molecule has 1 saturated heterocycles. The van der Waals surface area contributed by atoms with Gasteiger partial charge in [0.1, 0.15) is 11.6 Å². The Hall–Kier alpha value is -1.98. The molecule has 0 saturated carbocycles. The molecule has 158 valence electrons. The molecule has 5 heteroatoms. The summed E-state index contributed by atoms with van der Waals surface area (Å²) < 4.78 is 0. The topological polar surface area (TPSA) is 52.5 Å². The lowest BCUT2D eigenvalue weighted by Crippen LogP contribution is -2.49. The number of aliphatic hydroxyl groups is 1. The van der Waals surface area contributed by atoms with Crippen LogP contribution >= 0.6 is 0 Å². The largest absolute Gasteiger partial charge is 0.392 e. The van der Waals surface area contributed by atoms with Gasteiger partial charge in [-0.15, -0.1) is 0 Å². The molecule has 0 bridgehead atoms. The molecule has 1 aliphatic heterocycles. The third-order valence-corrected chi connectivity index (χ3v) is 5.84. The zero-order chi connectivity index (χ0) is 20.8. The molecule has 1 N–H and O–H groups in total. The Balaban J connectivity index is 1.69. The third-order valence-electron chi connectivity index (χ3n) is 5.84. The molecule has 29 heavy (non-hydrogen) atoms. The lowest BCUT2D eigenvalue weighted by atomic mass is 10.0. The van der Waals surface area contributed by atoms with Crippen molar-refractivity contribution in [2.45, 2.75) is 59.5 Å². The van der Waals surface area contributed by atoms with Crippen molar-refractivity contribution in [1.29, 1.82) is 0 Å². The number of β-amino-alcohol motifs (C(OH)–C–C–N with tert-alkyl or cyclic N) is 1. The van der Waals surface area contributed by atoms with Crippen LogP contribution in [0.25, 0.3) is 0 Å². The second kappa shape index (κ2) is 10.2. The van der Waals surface area contributed by atoms with Crippen molar-refractivity contribution in [2.24, 2.45) is 0 Å². The summed E-state index contributed by atoms with van der Waals surface area (Å²) in [6.07, 6.45) is 3.80. The summed E-state index contributed by atoms with van der Waals surface area (Å²) in [5, 5.41) is 10.2. The number of aliphatic hydroxyl groups excluding tert-OH is 1. The Morgan fingerprint density at radius 2 is 1.69 bits per heavy atom. The monoisotopic (exact) mass is 396 g/mol. The van der Waals surface area contributed by atoms with Crippen molar-refractivity contribution in [1.82, 2.24) is 14.9 Å². The van der Waals surface area contributed by atoms with Crippen LogP contribution in [0.5, 0.6) is 0 Å². The van der Waals surface area contributed by atoms with E-state index in [4.69, 9.17) is 4.98 Å². The number of unbranched alkanes of at least 4 members (excludes halogenated alkanes) is 1. The van der Waals surface area contributed by atoms with Gasteiger partial charge in [-0.25, -0.2) is 9.97 Å². The molecule has 1 aromatic carbocycles. The molecule has 2 aromatic rings. The van der Waals surface area contributed by atoms with Crippen molar-refractivity contribution in [3.8, 4) is 0 Å². The average molecular weight is 397 g/mol. The van der Waals surface area contributed by atoms with Crippen LogP contribution in [0.1, 0.15) is 54.4 Å². The van der Waals surface area contributed by atoms with E-state index in [-0.39, 0.29) is 6.10 Å². The molecular weight excluding hydrogens is 360 g/mol. The van der Waals surface area contributed by atoms with E-state index in [1.54, 1.807) is 0 Å². The van der Waals surface area contributed by atoms with E-state index in [1.165, 1.54) is 16.7 Å². The second-order valence-corrected chi connectivity index (χ2v) is 8.40. The Morgan fingerprint density at radius 1 is 1.00 bits per heavy atom. The van der Waals surface area contributed by atoms with E-state index in [0.29, 0.717) is 0 Å². The first-order chi connectivity index (χ1) is 14.0. The fraction of sp³-hybridized carbons (Fsp3) is 0.583. The number of nitrogens with zero attached hydrogens (tertiary/aromatic N) is 4. The van der Waals surface area contributed by atoms with Gasteiger partial charge < -0.3 is 10.0 Å². The highest BCUT2D eigenvalue weighted by atomic mass is 16.3. The number of aryl methyl sites for hydroxylation is 3. The van der Waals surface area contributed by atoms with Crippen LogP contribution in [0.2, 0.25) is 0 Å². The van der Waals surface area contributed by atoms with Gasteiger partial charge in [0.05, 0.1) is 6.10 Å². The first-order valence-electron chi connectivity index (χ1n) is 11.0. The van der Waals surface area contributed by atoms with Crippen molar-refractivity contribution in [3.63, 3.8) is 0 Å². The maximum atomic E-state index is 10.2. The number of hydrogen-bond donors (Lipinski definition) is 1. The van der Waals surface area contributed by atoms with E-state index in [2.05, 4.69) is 59.8 Å². The molecule has 0 radical (unpaired) electrons. The predicted octanol–water partition coefficient (Wildman–Crippen LogP) is 3.67. The molecule has 1 aliphatic rings. The normalized spacial score (nSPS) is 16.2. The fourth-order valence-electron chi connectivity index (χ4n) is 4.07. The number of piperazine rings is 1. The molecule has 0 spiro atoms. The minimum atomic E-state index is -0.206. The van der Waals surface area contributed by atoms with Crippen LogP contribution in [0.4, 0.5) is 5.82 Å². The van der Waals surface area contributed by atoms with Gasteiger partial charge in [-0.1, -0.05) is 49.6 Å². The first kappa shape index (κ1) is 21.7. The van der Waals surface area contributed by atoms with Crippen molar-refractivity contribution < 1.29 is 5.11 Å². The maximum Gasteiger partial charge on any atom is 0.136 e. The molecule has 2 heterocycles. The van der Waals surface area contributed by atoms with E-state index < -0.39 is 0 Å². The van der Waals surface area contributed by atoms with Gasteiger partial charge in [-0.2, -0.15) is 0 Å². The van der Waals surface area contributed by atoms with Gasteiger partial charge in [0, 0.05) is 50.4 Å². The van der Waals surface area contributed by atoms with Crippen molar-refractivity contribution in [3.05, 3.63) is 52.5 Å². The Labute approximate surface area is 175 Å². The molecule has 3 rings (SSSR count). The smallest absolute Gasteiger partial charge is 0.136 e. The summed E-state index contributed by atoms with van der Waals surface area (Å²) >= 11 is 0. The number of aromatic nitrogens is 2. The van der Waals surface area contributed by atoms with Gasteiger partial charge in [0.25, 0.3) is 0 Å². The zero-order valence-corrected chi connectivity index (χ0v) is 18.5. The minimum absolute atomic E-state index is 0.206. The highest BCUT2D eigenvalue weighted by Gasteiger charge is 2.23. The molecule has 1 atom stereocenters. The fourth-order valence-corrected chi connectivity index (χ4v) is 4.07. The van der Waals surface area contributed by atoms with Gasteiger partial charge in [0.15, 0.2) is 0 Å². The molecule has 5 nitrogen and oxygen atoms in total. The summed E-state index contributed by atoms with van der Waals surface area (Å²) in [7, 11) is 0. The molecule has 0 aliphatic carbocycles. The van der Waals surface area contributed by atoms with Gasteiger partial charge in [0.2, 0.25) is 0 Å². The lowest BCUT2D eigenvalue weighted by molar-refractivity contribution is 0.100. The number of anilines is 1. The van der Waals surface area contributed by atoms with E-state index >= 15 is 0 Å². The Kier molecular flexibility index (Phi) is 7.62. The average Bonchev–Trinajstić information content (AvgIpc) is 2.70. The summed E-state index contributed by atoms with van der Waals surface area (Å²) in [5.74, 6) is 1.92. The van der Waals surface area contributed by atoms with Crippen molar-refractivity contribution in [2.75, 3.05) is 37.6 Å². The van der Waals surface area contributed by atoms with E-state index in [1.807, 2.05) is 6.92 Å². The Bertz CT molecular complexity index is 782. The third kappa shape index (κ3) is 6.00. The highest BCUT2D eigenvalue weighted by Crippen LogP contribution is 2.25. The number of benzene rings is 1. The maximum absolute atomic E-state index is 10.2. The van der Waals surface area contributed by atoms with Crippen LogP contribution in [0.3, 0.4) is 0 Å². The predicted molar refractivity (Wildman–Crippen MR) is 120 cm³/mol.